The average molecular weight is 535 g/mol. The van der Waals surface area contributed by atoms with Gasteiger partial charge in [-0.2, -0.15) is 0 Å². The molecule has 0 atom stereocenters. The van der Waals surface area contributed by atoms with Gasteiger partial charge >= 0.3 is 0 Å². The second-order valence-electron chi connectivity index (χ2n) is 7.08. The highest BCUT2D eigenvalue weighted by atomic mass is 35.5. The van der Waals surface area contributed by atoms with Gasteiger partial charge in [0.2, 0.25) is 15.9 Å². The predicted octanol–water partition coefficient (Wildman–Crippen LogP) is 4.07. The molecule has 1 heterocycles. The number of carbonyl (C=O) groups excluding carboxylic acids is 1. The van der Waals surface area contributed by atoms with E-state index in [0.717, 1.165) is 11.8 Å². The minimum absolute atomic E-state index is 0.105. The maximum absolute atomic E-state index is 13.3. The molecule has 0 aliphatic carbocycles. The molecule has 4 rings (SSSR count). The van der Waals surface area contributed by atoms with Crippen LogP contribution in [0.25, 0.3) is 16.6 Å². The van der Waals surface area contributed by atoms with Crippen molar-refractivity contribution in [2.75, 3.05) is 11.1 Å². The van der Waals surface area contributed by atoms with E-state index in [1.807, 2.05) is 0 Å². The summed E-state index contributed by atoms with van der Waals surface area (Å²) in [5.74, 6) is -0.536. The van der Waals surface area contributed by atoms with Gasteiger partial charge in [-0.05, 0) is 60.7 Å². The van der Waals surface area contributed by atoms with Crippen molar-refractivity contribution in [1.82, 2.24) is 9.55 Å². The Balaban J connectivity index is 1.66. The minimum atomic E-state index is -3.91. The number of nitrogens with one attached hydrogen (secondary N) is 1. The number of aromatic nitrogens is 2. The standard InChI is InChI=1S/C22H16Cl2N4O4S2/c23-13-4-7-16(8-5-13)28-21(30)18-9-6-14(24)10-19(18)27-22(28)33-12-20(29)26-15-2-1-3-17(11-15)34(25,31)32/h1-11H,12H2,(H,26,29)(H2,25,31,32). The zero-order valence-electron chi connectivity index (χ0n) is 17.2. The average Bonchev–Trinajstić information content (AvgIpc) is 2.78. The molecule has 1 amide bonds. The molecule has 0 saturated carbocycles. The largest absolute Gasteiger partial charge is 0.325 e. The van der Waals surface area contributed by atoms with E-state index in [2.05, 4.69) is 10.3 Å². The van der Waals surface area contributed by atoms with Crippen LogP contribution in [-0.2, 0) is 14.8 Å². The van der Waals surface area contributed by atoms with Crippen LogP contribution in [0.1, 0.15) is 0 Å². The minimum Gasteiger partial charge on any atom is -0.325 e. The monoisotopic (exact) mass is 534 g/mol. The summed E-state index contributed by atoms with van der Waals surface area (Å²) in [5, 5.41) is 9.33. The van der Waals surface area contributed by atoms with E-state index in [9.17, 15) is 18.0 Å². The second kappa shape index (κ2) is 9.77. The van der Waals surface area contributed by atoms with Crippen LogP contribution in [0.2, 0.25) is 10.0 Å². The van der Waals surface area contributed by atoms with Crippen molar-refractivity contribution in [3.8, 4) is 5.69 Å². The van der Waals surface area contributed by atoms with Crippen molar-refractivity contribution in [3.05, 3.63) is 87.1 Å². The number of anilines is 1. The molecule has 12 heteroatoms. The normalized spacial score (nSPS) is 11.5. The number of thioether (sulfide) groups is 1. The van der Waals surface area contributed by atoms with E-state index in [1.54, 1.807) is 42.5 Å². The van der Waals surface area contributed by atoms with Crippen molar-refractivity contribution in [1.29, 1.82) is 0 Å². The molecule has 34 heavy (non-hydrogen) atoms. The van der Waals surface area contributed by atoms with Crippen LogP contribution in [0.4, 0.5) is 5.69 Å². The number of primary sulfonamides is 1. The first kappa shape index (κ1) is 24.2. The summed E-state index contributed by atoms with van der Waals surface area (Å²) < 4.78 is 24.5. The number of hydrogen-bond donors (Lipinski definition) is 2. The maximum atomic E-state index is 13.3. The Morgan fingerprint density at radius 1 is 1.03 bits per heavy atom. The lowest BCUT2D eigenvalue weighted by Crippen LogP contribution is -2.23. The first-order valence-electron chi connectivity index (χ1n) is 9.65. The van der Waals surface area contributed by atoms with E-state index in [1.165, 1.54) is 28.8 Å². The van der Waals surface area contributed by atoms with Gasteiger partial charge in [0, 0.05) is 15.7 Å². The highest BCUT2D eigenvalue weighted by molar-refractivity contribution is 7.99. The number of nitrogens with two attached hydrogens (primary N) is 1. The maximum Gasteiger partial charge on any atom is 0.266 e. The number of benzene rings is 3. The third-order valence-corrected chi connectivity index (χ3v) is 7.00. The van der Waals surface area contributed by atoms with Gasteiger partial charge < -0.3 is 5.32 Å². The molecule has 8 nitrogen and oxygen atoms in total. The molecule has 4 aromatic rings. The zero-order chi connectivity index (χ0) is 24.5. The SMILES string of the molecule is NS(=O)(=O)c1cccc(NC(=O)CSc2nc3cc(Cl)ccc3c(=O)n2-c2ccc(Cl)cc2)c1. The lowest BCUT2D eigenvalue weighted by molar-refractivity contribution is -0.113. The first-order chi connectivity index (χ1) is 16.1. The van der Waals surface area contributed by atoms with Crippen LogP contribution in [0.15, 0.2) is 81.6 Å². The van der Waals surface area contributed by atoms with Crippen molar-refractivity contribution in [2.24, 2.45) is 5.14 Å². The molecule has 0 fully saturated rings. The molecule has 0 bridgehead atoms. The fraction of sp³-hybridized carbons (Fsp3) is 0.0455. The summed E-state index contributed by atoms with van der Waals surface area (Å²) in [5.41, 5.74) is 0.868. The van der Waals surface area contributed by atoms with Gasteiger partial charge in [0.15, 0.2) is 5.16 Å². The van der Waals surface area contributed by atoms with Crippen molar-refractivity contribution in [2.45, 2.75) is 10.1 Å². The summed E-state index contributed by atoms with van der Waals surface area (Å²) in [6.45, 7) is 0. The van der Waals surface area contributed by atoms with E-state index < -0.39 is 15.9 Å². The number of rotatable bonds is 6. The van der Waals surface area contributed by atoms with E-state index in [0.29, 0.717) is 26.6 Å². The molecule has 0 unspecified atom stereocenters. The molecular formula is C22H16Cl2N4O4S2. The van der Waals surface area contributed by atoms with Crippen LogP contribution in [0.5, 0.6) is 0 Å². The van der Waals surface area contributed by atoms with Gasteiger partial charge in [0.1, 0.15) is 0 Å². The number of amides is 1. The molecule has 174 valence electrons. The van der Waals surface area contributed by atoms with Gasteiger partial charge in [-0.1, -0.05) is 41.0 Å². The fourth-order valence-corrected chi connectivity index (χ4v) is 4.80. The molecular weight excluding hydrogens is 519 g/mol. The smallest absolute Gasteiger partial charge is 0.266 e. The molecule has 1 aromatic heterocycles. The molecule has 3 N–H and O–H groups in total. The van der Waals surface area contributed by atoms with Gasteiger partial charge in [-0.25, -0.2) is 18.5 Å². The second-order valence-corrected chi connectivity index (χ2v) is 10.5. The van der Waals surface area contributed by atoms with Gasteiger partial charge in [0.25, 0.3) is 5.56 Å². The lowest BCUT2D eigenvalue weighted by Gasteiger charge is -2.13. The van der Waals surface area contributed by atoms with Gasteiger partial charge in [0.05, 0.1) is 27.2 Å². The third-order valence-electron chi connectivity index (χ3n) is 4.66. The topological polar surface area (TPSA) is 124 Å². The van der Waals surface area contributed by atoms with Gasteiger partial charge in [-0.3, -0.25) is 14.2 Å². The molecule has 0 radical (unpaired) electrons. The van der Waals surface area contributed by atoms with E-state index >= 15 is 0 Å². The zero-order valence-corrected chi connectivity index (χ0v) is 20.4. The number of sulfonamides is 1. The number of nitrogens with zero attached hydrogens (tertiary/aromatic N) is 2. The Morgan fingerprint density at radius 3 is 2.44 bits per heavy atom. The number of halogens is 2. The molecule has 0 saturated heterocycles. The van der Waals surface area contributed by atoms with Crippen molar-refractivity contribution >= 4 is 67.5 Å². The number of hydrogen-bond acceptors (Lipinski definition) is 6. The fourth-order valence-electron chi connectivity index (χ4n) is 3.13. The molecule has 3 aromatic carbocycles. The van der Waals surface area contributed by atoms with E-state index in [4.69, 9.17) is 28.3 Å². The Hall–Kier alpha value is -2.89. The molecule has 0 spiro atoms. The van der Waals surface area contributed by atoms with Crippen LogP contribution in [0, 0.1) is 0 Å². The number of carbonyl (C=O) groups is 1. The van der Waals surface area contributed by atoms with Crippen molar-refractivity contribution < 1.29 is 13.2 Å². The Kier molecular flexibility index (Phi) is 6.96. The summed E-state index contributed by atoms with van der Waals surface area (Å²) in [4.78, 5) is 30.3. The predicted molar refractivity (Wildman–Crippen MR) is 135 cm³/mol. The van der Waals surface area contributed by atoms with Crippen LogP contribution in [0.3, 0.4) is 0 Å². The Labute approximate surface area is 208 Å². The first-order valence-corrected chi connectivity index (χ1v) is 12.9. The summed E-state index contributed by atoms with van der Waals surface area (Å²) in [7, 11) is -3.91. The van der Waals surface area contributed by atoms with Crippen molar-refractivity contribution in [3.63, 3.8) is 0 Å². The summed E-state index contributed by atoms with van der Waals surface area (Å²) in [6, 6.07) is 17.0. The van der Waals surface area contributed by atoms with E-state index in [-0.39, 0.29) is 27.1 Å². The third kappa shape index (κ3) is 5.43. The lowest BCUT2D eigenvalue weighted by atomic mass is 10.2. The molecule has 0 aliphatic rings. The van der Waals surface area contributed by atoms with Gasteiger partial charge in [-0.15, -0.1) is 0 Å². The highest BCUT2D eigenvalue weighted by Crippen LogP contribution is 2.24. The quantitative estimate of drug-likeness (QED) is 0.283. The summed E-state index contributed by atoms with van der Waals surface area (Å²) in [6.07, 6.45) is 0. The Morgan fingerprint density at radius 2 is 1.74 bits per heavy atom. The van der Waals surface area contributed by atoms with Crippen LogP contribution < -0.4 is 16.0 Å². The number of fused-ring (bicyclic) bond motifs is 1. The van der Waals surface area contributed by atoms with Crippen LogP contribution >= 0.6 is 35.0 Å². The van der Waals surface area contributed by atoms with Crippen LogP contribution in [-0.4, -0.2) is 29.6 Å². The summed E-state index contributed by atoms with van der Waals surface area (Å²) >= 11 is 13.1. The molecule has 0 aliphatic heterocycles. The highest BCUT2D eigenvalue weighted by Gasteiger charge is 2.16. The Bertz CT molecular complexity index is 1570.